The zero-order valence-electron chi connectivity index (χ0n) is 10.4. The second-order valence-corrected chi connectivity index (χ2v) is 4.69. The van der Waals surface area contributed by atoms with E-state index >= 15 is 0 Å². The fraction of sp³-hybridized carbons (Fsp3) is 0.462. The second-order valence-electron chi connectivity index (χ2n) is 4.16. The molecule has 0 aliphatic carbocycles. The summed E-state index contributed by atoms with van der Waals surface area (Å²) in [7, 11) is 2.05. The van der Waals surface area contributed by atoms with Gasteiger partial charge in [0.15, 0.2) is 0 Å². The predicted octanol–water partition coefficient (Wildman–Crippen LogP) is 2.06. The number of likely N-dealkylation sites (N-methyl/N-ethyl adjacent to an activating group) is 1. The number of hydrogen-bond acceptors (Lipinski definition) is 3. The fourth-order valence-corrected chi connectivity index (χ4v) is 1.73. The number of ether oxygens (including phenoxy) is 1. The number of rotatable bonds is 7. The Kier molecular flexibility index (Phi) is 5.94. The number of nitrogens with zero attached hydrogens (tertiary/aromatic N) is 1. The lowest BCUT2D eigenvalue weighted by Gasteiger charge is -2.24. The molecule has 2 N–H and O–H groups in total. The van der Waals surface area contributed by atoms with Crippen molar-refractivity contribution in [2.75, 3.05) is 20.2 Å². The molecule has 4 heteroatoms. The van der Waals surface area contributed by atoms with Crippen LogP contribution in [0.5, 0.6) is 5.75 Å². The van der Waals surface area contributed by atoms with Crippen molar-refractivity contribution < 1.29 is 4.74 Å². The fourth-order valence-electron chi connectivity index (χ4n) is 1.49. The number of thiocarbonyl (C=S) groups is 1. The average molecular weight is 252 g/mol. The molecule has 0 aromatic heterocycles. The van der Waals surface area contributed by atoms with E-state index < -0.39 is 0 Å². The van der Waals surface area contributed by atoms with Gasteiger partial charge in [-0.1, -0.05) is 30.4 Å². The molecule has 0 amide bonds. The summed E-state index contributed by atoms with van der Waals surface area (Å²) in [5.74, 6) is 0.905. The van der Waals surface area contributed by atoms with Crippen LogP contribution in [0.2, 0.25) is 0 Å². The van der Waals surface area contributed by atoms with Gasteiger partial charge >= 0.3 is 0 Å². The van der Waals surface area contributed by atoms with Gasteiger partial charge in [0.2, 0.25) is 0 Å². The Morgan fingerprint density at radius 3 is 2.65 bits per heavy atom. The predicted molar refractivity (Wildman–Crippen MR) is 75.4 cm³/mol. The Bertz CT molecular complexity index is 343. The van der Waals surface area contributed by atoms with Gasteiger partial charge in [0.1, 0.15) is 12.4 Å². The van der Waals surface area contributed by atoms with Crippen LogP contribution >= 0.6 is 12.2 Å². The molecule has 1 aromatic carbocycles. The number of hydrogen-bond donors (Lipinski definition) is 1. The van der Waals surface area contributed by atoms with E-state index in [0.29, 0.717) is 17.6 Å². The lowest BCUT2D eigenvalue weighted by atomic mass is 10.2. The van der Waals surface area contributed by atoms with Gasteiger partial charge in [-0.2, -0.15) is 0 Å². The van der Waals surface area contributed by atoms with E-state index in [0.717, 1.165) is 18.7 Å². The van der Waals surface area contributed by atoms with Crippen LogP contribution in [0.15, 0.2) is 30.3 Å². The van der Waals surface area contributed by atoms with Gasteiger partial charge < -0.3 is 10.5 Å². The monoisotopic (exact) mass is 252 g/mol. The standard InChI is InChI=1S/C13H20N2OS/c1-11(10-13(14)17)15(2)8-9-16-12-6-4-3-5-7-12/h3-7,11H,8-10H2,1-2H3,(H2,14,17). The molecule has 0 aliphatic heterocycles. The van der Waals surface area contributed by atoms with Crippen molar-refractivity contribution >= 4 is 17.2 Å². The zero-order chi connectivity index (χ0) is 12.7. The summed E-state index contributed by atoms with van der Waals surface area (Å²) in [6, 6.07) is 10.2. The van der Waals surface area contributed by atoms with E-state index in [1.54, 1.807) is 0 Å². The molecule has 1 unspecified atom stereocenters. The van der Waals surface area contributed by atoms with Gasteiger partial charge in [-0.3, -0.25) is 4.90 Å². The van der Waals surface area contributed by atoms with Gasteiger partial charge in [0.05, 0.1) is 4.99 Å². The van der Waals surface area contributed by atoms with Gasteiger partial charge in [0.25, 0.3) is 0 Å². The first-order valence-electron chi connectivity index (χ1n) is 5.76. The molecule has 0 bridgehead atoms. The van der Waals surface area contributed by atoms with Crippen LogP contribution in [-0.2, 0) is 0 Å². The molecule has 0 spiro atoms. The molecule has 0 saturated heterocycles. The lowest BCUT2D eigenvalue weighted by molar-refractivity contribution is 0.203. The summed E-state index contributed by atoms with van der Waals surface area (Å²) >= 11 is 4.90. The molecule has 94 valence electrons. The Balaban J connectivity index is 2.24. The maximum Gasteiger partial charge on any atom is 0.119 e. The zero-order valence-corrected chi connectivity index (χ0v) is 11.2. The first-order chi connectivity index (χ1) is 8.09. The Hall–Kier alpha value is -1.13. The van der Waals surface area contributed by atoms with Crippen LogP contribution in [0.4, 0.5) is 0 Å². The van der Waals surface area contributed by atoms with E-state index in [4.69, 9.17) is 22.7 Å². The largest absolute Gasteiger partial charge is 0.492 e. The smallest absolute Gasteiger partial charge is 0.119 e. The lowest BCUT2D eigenvalue weighted by Crippen LogP contribution is -2.35. The molecule has 0 heterocycles. The molecule has 17 heavy (non-hydrogen) atoms. The first kappa shape index (κ1) is 13.9. The van der Waals surface area contributed by atoms with E-state index in [1.807, 2.05) is 30.3 Å². The number of nitrogens with two attached hydrogens (primary N) is 1. The number of benzene rings is 1. The summed E-state index contributed by atoms with van der Waals surface area (Å²) in [5, 5.41) is 0. The number of para-hydroxylation sites is 1. The van der Waals surface area contributed by atoms with Crippen molar-refractivity contribution in [2.45, 2.75) is 19.4 Å². The highest BCUT2D eigenvalue weighted by molar-refractivity contribution is 7.80. The van der Waals surface area contributed by atoms with Gasteiger partial charge in [-0.05, 0) is 26.1 Å². The van der Waals surface area contributed by atoms with Crippen LogP contribution in [0.3, 0.4) is 0 Å². The summed E-state index contributed by atoms with van der Waals surface area (Å²) in [4.78, 5) is 2.76. The van der Waals surface area contributed by atoms with Crippen LogP contribution in [0, 0.1) is 0 Å². The van der Waals surface area contributed by atoms with Crippen LogP contribution in [-0.4, -0.2) is 36.1 Å². The van der Waals surface area contributed by atoms with Crippen molar-refractivity contribution in [3.8, 4) is 5.75 Å². The van der Waals surface area contributed by atoms with E-state index in [-0.39, 0.29) is 0 Å². The molecular weight excluding hydrogens is 232 g/mol. The van der Waals surface area contributed by atoms with E-state index in [9.17, 15) is 0 Å². The minimum Gasteiger partial charge on any atom is -0.492 e. The highest BCUT2D eigenvalue weighted by Crippen LogP contribution is 2.08. The van der Waals surface area contributed by atoms with Gasteiger partial charge in [0, 0.05) is 19.0 Å². The van der Waals surface area contributed by atoms with Crippen LogP contribution < -0.4 is 10.5 Å². The molecule has 0 radical (unpaired) electrons. The molecule has 0 saturated carbocycles. The summed E-state index contributed by atoms with van der Waals surface area (Å²) in [6.07, 6.45) is 0.747. The Labute approximate surface area is 109 Å². The third kappa shape index (κ3) is 5.65. The van der Waals surface area contributed by atoms with Gasteiger partial charge in [-0.25, -0.2) is 0 Å². The Morgan fingerprint density at radius 1 is 1.41 bits per heavy atom. The maximum atomic E-state index is 5.63. The van der Waals surface area contributed by atoms with Crippen molar-refractivity contribution in [3.63, 3.8) is 0 Å². The second kappa shape index (κ2) is 7.25. The summed E-state index contributed by atoms with van der Waals surface area (Å²) < 4.78 is 5.63. The topological polar surface area (TPSA) is 38.5 Å². The Morgan fingerprint density at radius 2 is 2.06 bits per heavy atom. The van der Waals surface area contributed by atoms with Crippen molar-refractivity contribution in [1.29, 1.82) is 0 Å². The maximum absolute atomic E-state index is 5.63. The SMILES string of the molecule is CC(CC(N)=S)N(C)CCOc1ccccc1. The third-order valence-corrected chi connectivity index (χ3v) is 2.87. The minimum absolute atomic E-state index is 0.354. The first-order valence-corrected chi connectivity index (χ1v) is 6.17. The van der Waals surface area contributed by atoms with Crippen LogP contribution in [0.1, 0.15) is 13.3 Å². The third-order valence-electron chi connectivity index (χ3n) is 2.70. The summed E-state index contributed by atoms with van der Waals surface area (Å²) in [5.41, 5.74) is 5.52. The highest BCUT2D eigenvalue weighted by atomic mass is 32.1. The molecule has 1 aromatic rings. The average Bonchev–Trinajstić information content (AvgIpc) is 2.29. The van der Waals surface area contributed by atoms with Gasteiger partial charge in [-0.15, -0.1) is 0 Å². The summed E-state index contributed by atoms with van der Waals surface area (Å²) in [6.45, 7) is 3.64. The van der Waals surface area contributed by atoms with Crippen LogP contribution in [0.25, 0.3) is 0 Å². The molecular formula is C13H20N2OS. The normalized spacial score (nSPS) is 12.4. The molecule has 0 aliphatic rings. The molecule has 1 atom stereocenters. The van der Waals surface area contributed by atoms with Crippen molar-refractivity contribution in [2.24, 2.45) is 5.73 Å². The molecule has 0 fully saturated rings. The van der Waals surface area contributed by atoms with E-state index in [1.165, 1.54) is 0 Å². The molecule has 3 nitrogen and oxygen atoms in total. The van der Waals surface area contributed by atoms with E-state index in [2.05, 4.69) is 18.9 Å². The highest BCUT2D eigenvalue weighted by Gasteiger charge is 2.09. The molecule has 1 rings (SSSR count). The quantitative estimate of drug-likeness (QED) is 0.754. The van der Waals surface area contributed by atoms with Crippen molar-refractivity contribution in [3.05, 3.63) is 30.3 Å². The minimum atomic E-state index is 0.354. The van der Waals surface area contributed by atoms with Crippen molar-refractivity contribution in [1.82, 2.24) is 4.90 Å².